The number of hydrogen-bond acceptors (Lipinski definition) is 3. The molecule has 3 nitrogen and oxygen atoms in total. The summed E-state index contributed by atoms with van der Waals surface area (Å²) >= 11 is 0. The van der Waals surface area contributed by atoms with Crippen molar-refractivity contribution in [2.45, 2.75) is 38.1 Å². The minimum atomic E-state index is 0.284. The van der Waals surface area contributed by atoms with Gasteiger partial charge >= 0.3 is 0 Å². The molecule has 116 valence electrons. The Morgan fingerprint density at radius 2 is 2.14 bits per heavy atom. The normalized spacial score (nSPS) is 25.2. The number of aryl methyl sites for hydroxylation is 1. The second kappa shape index (κ2) is 7.39. The van der Waals surface area contributed by atoms with E-state index in [4.69, 9.17) is 4.74 Å². The van der Waals surface area contributed by atoms with Crippen LogP contribution in [0.15, 0.2) is 24.3 Å². The Balaban J connectivity index is 1.75. The lowest BCUT2D eigenvalue weighted by Gasteiger charge is -2.37. The molecule has 2 atom stereocenters. The predicted molar refractivity (Wildman–Crippen MR) is 84.3 cm³/mol. The largest absolute Gasteiger partial charge is 0.396 e. The molecule has 0 spiro atoms. The third kappa shape index (κ3) is 3.65. The minimum absolute atomic E-state index is 0.284. The molecule has 0 aromatic heterocycles. The molecule has 21 heavy (non-hydrogen) atoms. The molecule has 0 unspecified atom stereocenters. The van der Waals surface area contributed by atoms with Gasteiger partial charge in [-0.05, 0) is 49.1 Å². The fourth-order valence-electron chi connectivity index (χ4n) is 3.81. The van der Waals surface area contributed by atoms with E-state index in [2.05, 4.69) is 29.2 Å². The fourth-order valence-corrected chi connectivity index (χ4v) is 3.81. The average molecular weight is 289 g/mol. The summed E-state index contributed by atoms with van der Waals surface area (Å²) in [6.45, 7) is 4.21. The highest BCUT2D eigenvalue weighted by atomic mass is 16.5. The molecule has 1 aliphatic carbocycles. The van der Waals surface area contributed by atoms with Gasteiger partial charge in [-0.3, -0.25) is 4.90 Å². The van der Waals surface area contributed by atoms with Crippen molar-refractivity contribution in [3.63, 3.8) is 0 Å². The monoisotopic (exact) mass is 289 g/mol. The lowest BCUT2D eigenvalue weighted by atomic mass is 9.86. The molecular weight excluding hydrogens is 262 g/mol. The van der Waals surface area contributed by atoms with Gasteiger partial charge in [-0.2, -0.15) is 0 Å². The van der Waals surface area contributed by atoms with Crippen molar-refractivity contribution in [3.8, 4) is 0 Å². The highest BCUT2D eigenvalue weighted by molar-refractivity contribution is 5.32. The van der Waals surface area contributed by atoms with Crippen molar-refractivity contribution in [2.75, 3.05) is 32.9 Å². The molecule has 2 aliphatic rings. The van der Waals surface area contributed by atoms with Gasteiger partial charge in [0.2, 0.25) is 0 Å². The standard InChI is InChI=1S/C18H27NO2/c20-11-4-10-19(13-15-9-12-21-14-15)18-8-3-6-16-5-1-2-7-17(16)18/h1-2,5,7,15,18,20H,3-4,6,8-14H2/t15-,18+/m1/s1. The maximum atomic E-state index is 9.22. The summed E-state index contributed by atoms with van der Waals surface area (Å²) in [6, 6.07) is 9.44. The van der Waals surface area contributed by atoms with Crippen LogP contribution in [0.1, 0.15) is 42.9 Å². The lowest BCUT2D eigenvalue weighted by molar-refractivity contribution is 0.124. The highest BCUT2D eigenvalue weighted by Crippen LogP contribution is 2.35. The zero-order valence-electron chi connectivity index (χ0n) is 12.8. The van der Waals surface area contributed by atoms with E-state index in [1.807, 2.05) is 0 Å². The first-order chi connectivity index (χ1) is 10.4. The van der Waals surface area contributed by atoms with Crippen LogP contribution in [0.2, 0.25) is 0 Å². The van der Waals surface area contributed by atoms with E-state index in [9.17, 15) is 5.11 Å². The van der Waals surface area contributed by atoms with Crippen LogP contribution in [0.4, 0.5) is 0 Å². The summed E-state index contributed by atoms with van der Waals surface area (Å²) in [5, 5.41) is 9.22. The number of benzene rings is 1. The Hall–Kier alpha value is -0.900. The molecule has 1 aromatic rings. The zero-order chi connectivity index (χ0) is 14.5. The minimum Gasteiger partial charge on any atom is -0.396 e. The van der Waals surface area contributed by atoms with E-state index in [0.29, 0.717) is 12.0 Å². The molecule has 0 saturated carbocycles. The van der Waals surface area contributed by atoms with Gasteiger partial charge in [-0.15, -0.1) is 0 Å². The van der Waals surface area contributed by atoms with Gasteiger partial charge in [0.25, 0.3) is 0 Å². The van der Waals surface area contributed by atoms with E-state index in [0.717, 1.165) is 32.7 Å². The SMILES string of the molecule is OCCCN(C[C@H]1CCOC1)[C@H]1CCCc2ccccc21. The summed E-state index contributed by atoms with van der Waals surface area (Å²) in [7, 11) is 0. The second-order valence-corrected chi connectivity index (χ2v) is 6.41. The zero-order valence-corrected chi connectivity index (χ0v) is 12.8. The third-order valence-electron chi connectivity index (χ3n) is 4.90. The topological polar surface area (TPSA) is 32.7 Å². The highest BCUT2D eigenvalue weighted by Gasteiger charge is 2.28. The molecule has 3 rings (SSSR count). The Labute approximate surface area is 127 Å². The Kier molecular flexibility index (Phi) is 5.28. The van der Waals surface area contributed by atoms with Gasteiger partial charge in [0.1, 0.15) is 0 Å². The first-order valence-electron chi connectivity index (χ1n) is 8.39. The van der Waals surface area contributed by atoms with Crippen molar-refractivity contribution >= 4 is 0 Å². The predicted octanol–water partition coefficient (Wildman–Crippen LogP) is 2.78. The number of fused-ring (bicyclic) bond motifs is 1. The van der Waals surface area contributed by atoms with Crippen LogP contribution in [0, 0.1) is 5.92 Å². The molecule has 1 N–H and O–H groups in total. The molecule has 1 aliphatic heterocycles. The van der Waals surface area contributed by atoms with Crippen LogP contribution < -0.4 is 0 Å². The first kappa shape index (κ1) is 15.0. The van der Waals surface area contributed by atoms with Crippen molar-refractivity contribution in [3.05, 3.63) is 35.4 Å². The number of ether oxygens (including phenoxy) is 1. The number of hydrogen-bond donors (Lipinski definition) is 1. The number of nitrogens with zero attached hydrogens (tertiary/aromatic N) is 1. The second-order valence-electron chi connectivity index (χ2n) is 6.41. The quantitative estimate of drug-likeness (QED) is 0.874. The molecule has 3 heteroatoms. The molecule has 0 radical (unpaired) electrons. The summed E-state index contributed by atoms with van der Waals surface area (Å²) < 4.78 is 5.54. The van der Waals surface area contributed by atoms with Crippen molar-refractivity contribution in [2.24, 2.45) is 5.92 Å². The van der Waals surface area contributed by atoms with Crippen molar-refractivity contribution < 1.29 is 9.84 Å². The van der Waals surface area contributed by atoms with E-state index >= 15 is 0 Å². The van der Waals surface area contributed by atoms with E-state index < -0.39 is 0 Å². The van der Waals surface area contributed by atoms with Crippen molar-refractivity contribution in [1.82, 2.24) is 4.90 Å². The summed E-state index contributed by atoms with van der Waals surface area (Å²) in [4.78, 5) is 2.60. The molecule has 1 aromatic carbocycles. The van der Waals surface area contributed by atoms with Gasteiger partial charge in [-0.25, -0.2) is 0 Å². The van der Waals surface area contributed by atoms with E-state index in [1.165, 1.54) is 36.8 Å². The molecule has 1 fully saturated rings. The van der Waals surface area contributed by atoms with Crippen LogP contribution in [0.5, 0.6) is 0 Å². The van der Waals surface area contributed by atoms with E-state index in [-0.39, 0.29) is 6.61 Å². The van der Waals surface area contributed by atoms with Gasteiger partial charge in [-0.1, -0.05) is 24.3 Å². The van der Waals surface area contributed by atoms with Crippen LogP contribution in [-0.4, -0.2) is 42.9 Å². The van der Waals surface area contributed by atoms with Crippen LogP contribution in [-0.2, 0) is 11.2 Å². The van der Waals surface area contributed by atoms with Crippen LogP contribution in [0.25, 0.3) is 0 Å². The summed E-state index contributed by atoms with van der Waals surface area (Å²) in [5.74, 6) is 0.665. The van der Waals surface area contributed by atoms with Gasteiger partial charge in [0.05, 0.1) is 6.61 Å². The maximum absolute atomic E-state index is 9.22. The molecule has 0 amide bonds. The molecular formula is C18H27NO2. The van der Waals surface area contributed by atoms with Crippen molar-refractivity contribution in [1.29, 1.82) is 0 Å². The van der Waals surface area contributed by atoms with Gasteiger partial charge in [0.15, 0.2) is 0 Å². The third-order valence-corrected chi connectivity index (χ3v) is 4.90. The van der Waals surface area contributed by atoms with E-state index in [1.54, 1.807) is 0 Å². The fraction of sp³-hybridized carbons (Fsp3) is 0.667. The number of aliphatic hydroxyl groups is 1. The van der Waals surface area contributed by atoms with Crippen LogP contribution >= 0.6 is 0 Å². The van der Waals surface area contributed by atoms with Gasteiger partial charge in [0, 0.05) is 32.3 Å². The van der Waals surface area contributed by atoms with Gasteiger partial charge < -0.3 is 9.84 Å². The van der Waals surface area contributed by atoms with Crippen LogP contribution in [0.3, 0.4) is 0 Å². The molecule has 1 heterocycles. The maximum Gasteiger partial charge on any atom is 0.0507 e. The molecule has 1 saturated heterocycles. The smallest absolute Gasteiger partial charge is 0.0507 e. The lowest BCUT2D eigenvalue weighted by Crippen LogP contribution is -2.36. The first-order valence-corrected chi connectivity index (χ1v) is 8.39. The molecule has 0 bridgehead atoms. The summed E-state index contributed by atoms with van der Waals surface area (Å²) in [6.07, 6.45) is 5.79. The Morgan fingerprint density at radius 1 is 1.24 bits per heavy atom. The number of aliphatic hydroxyl groups excluding tert-OH is 1. The Bertz CT molecular complexity index is 443. The summed E-state index contributed by atoms with van der Waals surface area (Å²) in [5.41, 5.74) is 3.03. The average Bonchev–Trinajstić information content (AvgIpc) is 3.04. The number of rotatable bonds is 6. The Morgan fingerprint density at radius 3 is 2.95 bits per heavy atom.